The number of hydrogen-bond donors (Lipinski definition) is 2. The van der Waals surface area contributed by atoms with Crippen molar-refractivity contribution in [2.75, 3.05) is 5.32 Å². The molecular formula is C14H16N2OS. The van der Waals surface area contributed by atoms with Gasteiger partial charge in [0.2, 0.25) is 0 Å². The van der Waals surface area contributed by atoms with E-state index in [2.05, 4.69) is 12.2 Å². The fourth-order valence-corrected chi connectivity index (χ4v) is 1.95. The average molecular weight is 260 g/mol. The van der Waals surface area contributed by atoms with Crippen molar-refractivity contribution >= 4 is 22.9 Å². The molecule has 0 aliphatic rings. The SMILES string of the molecule is Cc1cc(C(N)=S)ccc1NC(C)c1ccco1. The molecule has 1 aromatic heterocycles. The number of nitrogens with two attached hydrogens (primary N) is 1. The normalized spacial score (nSPS) is 12.1. The van der Waals surface area contributed by atoms with E-state index < -0.39 is 0 Å². The maximum atomic E-state index is 5.61. The fraction of sp³-hybridized carbons (Fsp3) is 0.214. The monoisotopic (exact) mass is 260 g/mol. The minimum Gasteiger partial charge on any atom is -0.467 e. The predicted molar refractivity (Wildman–Crippen MR) is 77.8 cm³/mol. The Bertz CT molecular complexity index is 549. The minimum absolute atomic E-state index is 0.120. The summed E-state index contributed by atoms with van der Waals surface area (Å²) < 4.78 is 5.37. The van der Waals surface area contributed by atoms with Crippen molar-refractivity contribution in [1.29, 1.82) is 0 Å². The zero-order chi connectivity index (χ0) is 13.1. The molecule has 0 amide bonds. The van der Waals surface area contributed by atoms with E-state index in [-0.39, 0.29) is 6.04 Å². The van der Waals surface area contributed by atoms with Crippen LogP contribution >= 0.6 is 12.2 Å². The van der Waals surface area contributed by atoms with E-state index in [1.807, 2.05) is 37.3 Å². The van der Waals surface area contributed by atoms with Crippen LogP contribution in [0.25, 0.3) is 0 Å². The van der Waals surface area contributed by atoms with Gasteiger partial charge in [0.25, 0.3) is 0 Å². The minimum atomic E-state index is 0.120. The van der Waals surface area contributed by atoms with E-state index in [4.69, 9.17) is 22.4 Å². The van der Waals surface area contributed by atoms with Crippen LogP contribution in [0.15, 0.2) is 41.0 Å². The zero-order valence-electron chi connectivity index (χ0n) is 10.4. The molecule has 1 atom stereocenters. The molecule has 3 nitrogen and oxygen atoms in total. The summed E-state index contributed by atoms with van der Waals surface area (Å²) in [5.74, 6) is 0.910. The summed E-state index contributed by atoms with van der Waals surface area (Å²) in [5, 5.41) is 3.40. The first-order valence-electron chi connectivity index (χ1n) is 5.78. The molecule has 0 aliphatic carbocycles. The molecule has 3 N–H and O–H groups in total. The molecule has 0 saturated heterocycles. The lowest BCUT2D eigenvalue weighted by Gasteiger charge is -2.15. The highest BCUT2D eigenvalue weighted by molar-refractivity contribution is 7.80. The summed E-state index contributed by atoms with van der Waals surface area (Å²) in [6.45, 7) is 4.08. The molecule has 1 aromatic carbocycles. The van der Waals surface area contributed by atoms with Crippen LogP contribution in [-0.4, -0.2) is 4.99 Å². The van der Waals surface area contributed by atoms with Crippen molar-refractivity contribution in [3.63, 3.8) is 0 Å². The number of aryl methyl sites for hydroxylation is 1. The van der Waals surface area contributed by atoms with E-state index in [0.29, 0.717) is 4.99 Å². The van der Waals surface area contributed by atoms with Crippen LogP contribution < -0.4 is 11.1 Å². The van der Waals surface area contributed by atoms with Gasteiger partial charge in [0.15, 0.2) is 0 Å². The smallest absolute Gasteiger partial charge is 0.125 e. The van der Waals surface area contributed by atoms with Gasteiger partial charge >= 0.3 is 0 Å². The molecule has 1 unspecified atom stereocenters. The van der Waals surface area contributed by atoms with Gasteiger partial charge in [0, 0.05) is 11.3 Å². The lowest BCUT2D eigenvalue weighted by atomic mass is 10.1. The van der Waals surface area contributed by atoms with Crippen molar-refractivity contribution in [1.82, 2.24) is 0 Å². The molecular weight excluding hydrogens is 244 g/mol. The largest absolute Gasteiger partial charge is 0.467 e. The van der Waals surface area contributed by atoms with E-state index in [9.17, 15) is 0 Å². The summed E-state index contributed by atoms with van der Waals surface area (Å²) in [4.78, 5) is 0.420. The summed E-state index contributed by atoms with van der Waals surface area (Å²) >= 11 is 4.96. The van der Waals surface area contributed by atoms with Crippen molar-refractivity contribution in [3.05, 3.63) is 53.5 Å². The molecule has 0 radical (unpaired) electrons. The molecule has 4 heteroatoms. The second-order valence-corrected chi connectivity index (χ2v) is 4.72. The molecule has 2 rings (SSSR count). The van der Waals surface area contributed by atoms with Crippen LogP contribution in [0.5, 0.6) is 0 Å². The Morgan fingerprint density at radius 2 is 2.17 bits per heavy atom. The van der Waals surface area contributed by atoms with Gasteiger partial charge in [-0.15, -0.1) is 0 Å². The number of benzene rings is 1. The second kappa shape index (κ2) is 5.23. The molecule has 18 heavy (non-hydrogen) atoms. The van der Waals surface area contributed by atoms with Crippen LogP contribution in [0, 0.1) is 6.92 Å². The predicted octanol–water partition coefficient (Wildman–Crippen LogP) is 3.40. The number of thiocarbonyl (C=S) groups is 1. The van der Waals surface area contributed by atoms with Crippen molar-refractivity contribution in [3.8, 4) is 0 Å². The highest BCUT2D eigenvalue weighted by Crippen LogP contribution is 2.23. The molecule has 2 aromatic rings. The Hall–Kier alpha value is -1.81. The third-order valence-corrected chi connectivity index (χ3v) is 3.09. The summed E-state index contributed by atoms with van der Waals surface area (Å²) in [5.41, 5.74) is 8.66. The Balaban J connectivity index is 2.17. The van der Waals surface area contributed by atoms with Crippen molar-refractivity contribution < 1.29 is 4.42 Å². The van der Waals surface area contributed by atoms with Crippen LogP contribution in [0.2, 0.25) is 0 Å². The highest BCUT2D eigenvalue weighted by Gasteiger charge is 2.09. The molecule has 0 bridgehead atoms. The topological polar surface area (TPSA) is 51.2 Å². The van der Waals surface area contributed by atoms with E-state index in [1.165, 1.54) is 0 Å². The molecule has 0 saturated carbocycles. The summed E-state index contributed by atoms with van der Waals surface area (Å²) in [6, 6.07) is 9.86. The lowest BCUT2D eigenvalue weighted by molar-refractivity contribution is 0.490. The van der Waals surface area contributed by atoms with Crippen molar-refractivity contribution in [2.24, 2.45) is 5.73 Å². The number of nitrogens with one attached hydrogen (secondary N) is 1. The van der Waals surface area contributed by atoms with Crippen LogP contribution in [-0.2, 0) is 0 Å². The molecule has 94 valence electrons. The Morgan fingerprint density at radius 1 is 1.39 bits per heavy atom. The Morgan fingerprint density at radius 3 is 2.72 bits per heavy atom. The van der Waals surface area contributed by atoms with Gasteiger partial charge in [-0.1, -0.05) is 12.2 Å². The first kappa shape index (κ1) is 12.6. The van der Waals surface area contributed by atoms with Gasteiger partial charge in [-0.25, -0.2) is 0 Å². The molecule has 0 spiro atoms. The van der Waals surface area contributed by atoms with E-state index >= 15 is 0 Å². The fourth-order valence-electron chi connectivity index (χ4n) is 1.82. The number of anilines is 1. The molecule has 1 heterocycles. The van der Waals surface area contributed by atoms with Gasteiger partial charge in [0.1, 0.15) is 10.7 Å². The standard InChI is InChI=1S/C14H16N2OS/c1-9-8-11(14(15)18)5-6-12(9)16-10(2)13-4-3-7-17-13/h3-8,10,16H,1-2H3,(H2,15,18). The third-order valence-electron chi connectivity index (χ3n) is 2.85. The van der Waals surface area contributed by atoms with Crippen LogP contribution in [0.3, 0.4) is 0 Å². The van der Waals surface area contributed by atoms with E-state index in [0.717, 1.165) is 22.6 Å². The lowest BCUT2D eigenvalue weighted by Crippen LogP contribution is -2.11. The van der Waals surface area contributed by atoms with Crippen molar-refractivity contribution in [2.45, 2.75) is 19.9 Å². The van der Waals surface area contributed by atoms with E-state index in [1.54, 1.807) is 6.26 Å². The maximum absolute atomic E-state index is 5.61. The maximum Gasteiger partial charge on any atom is 0.125 e. The van der Waals surface area contributed by atoms with Crippen LogP contribution in [0.4, 0.5) is 5.69 Å². The van der Waals surface area contributed by atoms with Crippen LogP contribution in [0.1, 0.15) is 29.9 Å². The third kappa shape index (κ3) is 2.71. The number of rotatable bonds is 4. The quantitative estimate of drug-likeness (QED) is 0.827. The zero-order valence-corrected chi connectivity index (χ0v) is 11.3. The summed E-state index contributed by atoms with van der Waals surface area (Å²) in [6.07, 6.45) is 1.68. The first-order chi connectivity index (χ1) is 8.58. The Labute approximate surface area is 112 Å². The van der Waals surface area contributed by atoms with Gasteiger partial charge in [0.05, 0.1) is 12.3 Å². The van der Waals surface area contributed by atoms with Gasteiger partial charge in [-0.3, -0.25) is 0 Å². The average Bonchev–Trinajstić information content (AvgIpc) is 2.85. The highest BCUT2D eigenvalue weighted by atomic mass is 32.1. The number of hydrogen-bond acceptors (Lipinski definition) is 3. The Kier molecular flexibility index (Phi) is 3.67. The molecule has 0 fully saturated rings. The second-order valence-electron chi connectivity index (χ2n) is 4.28. The number of furan rings is 1. The summed E-state index contributed by atoms with van der Waals surface area (Å²) in [7, 11) is 0. The first-order valence-corrected chi connectivity index (χ1v) is 6.19. The van der Waals surface area contributed by atoms with Gasteiger partial charge in [-0.2, -0.15) is 0 Å². The van der Waals surface area contributed by atoms with Gasteiger partial charge < -0.3 is 15.5 Å². The van der Waals surface area contributed by atoms with Gasteiger partial charge in [-0.05, 0) is 49.7 Å². The molecule has 0 aliphatic heterocycles.